The third-order valence-electron chi connectivity index (χ3n) is 10.2. The first-order chi connectivity index (χ1) is 20.8. The van der Waals surface area contributed by atoms with Gasteiger partial charge in [-0.15, -0.1) is 0 Å². The first-order valence-electron chi connectivity index (χ1n) is 16.5. The zero-order chi connectivity index (χ0) is 34.8. The average molecular weight is 650 g/mol. The van der Waals surface area contributed by atoms with E-state index in [2.05, 4.69) is 20.5 Å². The minimum Gasteiger partial charge on any atom is -0.480 e. The van der Waals surface area contributed by atoms with Crippen molar-refractivity contribution in [2.75, 3.05) is 22.1 Å². The maximum atomic E-state index is 11.6. The Morgan fingerprint density at radius 2 is 1.00 bits per heavy atom. The lowest BCUT2D eigenvalue weighted by atomic mass is 9.75. The first kappa shape index (κ1) is 36.5. The number of hydrogen-bond donors (Lipinski definition) is 6. The van der Waals surface area contributed by atoms with E-state index in [-0.39, 0.29) is 30.6 Å². The monoisotopic (exact) mass is 649 g/mol. The van der Waals surface area contributed by atoms with Crippen LogP contribution in [0.4, 0.5) is 17.8 Å². The van der Waals surface area contributed by atoms with Gasteiger partial charge in [0.25, 0.3) is 0 Å². The summed E-state index contributed by atoms with van der Waals surface area (Å²) in [6.07, 6.45) is 3.75. The maximum absolute atomic E-state index is 11.6. The number of piperidine rings is 3. The van der Waals surface area contributed by atoms with E-state index in [1.165, 1.54) is 15.2 Å². The summed E-state index contributed by atoms with van der Waals surface area (Å²) in [6, 6.07) is -0.253. The molecule has 3 saturated heterocycles. The first-order valence-corrected chi connectivity index (χ1v) is 16.5. The second-order valence-electron chi connectivity index (χ2n) is 17.6. The molecule has 0 saturated carbocycles. The number of anilines is 3. The molecule has 0 spiro atoms. The lowest BCUT2D eigenvalue weighted by Gasteiger charge is -2.58. The summed E-state index contributed by atoms with van der Waals surface area (Å²) in [4.78, 5) is 28.3. The van der Waals surface area contributed by atoms with E-state index in [0.717, 1.165) is 0 Å². The number of aromatic nitrogens is 3. The predicted octanol–water partition coefficient (Wildman–Crippen LogP) is 4.82. The van der Waals surface area contributed by atoms with Crippen molar-refractivity contribution in [2.45, 2.75) is 173 Å². The van der Waals surface area contributed by atoms with Crippen molar-refractivity contribution in [3.05, 3.63) is 0 Å². The van der Waals surface area contributed by atoms with Crippen LogP contribution in [0.1, 0.15) is 122 Å². The normalized spacial score (nSPS) is 26.8. The number of nitrogens with zero attached hydrogens (tertiary/aromatic N) is 7. The highest BCUT2D eigenvalue weighted by Gasteiger charge is 2.52. The topological polar surface area (TPSA) is 174 Å². The molecule has 0 aromatic carbocycles. The molecule has 262 valence electrons. The van der Waals surface area contributed by atoms with Gasteiger partial charge in [-0.3, -0.25) is 4.79 Å². The highest BCUT2D eigenvalue weighted by atomic mass is 16.5. The van der Waals surface area contributed by atoms with Gasteiger partial charge in [0.15, 0.2) is 0 Å². The smallest absolute Gasteiger partial charge is 0.322 e. The Balaban J connectivity index is 1.84. The molecule has 46 heavy (non-hydrogen) atoms. The second-order valence-corrected chi connectivity index (χ2v) is 17.6. The summed E-state index contributed by atoms with van der Waals surface area (Å²) in [5.74, 6) is -0.157. The molecule has 3 aliphatic rings. The Bertz CT molecular complexity index is 1190. The van der Waals surface area contributed by atoms with Crippen molar-refractivity contribution in [1.82, 2.24) is 30.1 Å². The van der Waals surface area contributed by atoms with Crippen LogP contribution in [0.25, 0.3) is 0 Å². The zero-order valence-electron chi connectivity index (χ0n) is 30.0. The van der Waals surface area contributed by atoms with Crippen molar-refractivity contribution in [3.8, 4) is 0 Å². The molecule has 3 aliphatic heterocycles. The lowest BCUT2D eigenvalue weighted by Crippen LogP contribution is -2.67. The van der Waals surface area contributed by atoms with Crippen molar-refractivity contribution in [3.63, 3.8) is 0 Å². The summed E-state index contributed by atoms with van der Waals surface area (Å²) in [7, 11) is 0. The standard InChI is InChI=1S/C32H59N9O5/c1-27(2)13-20(14-28(3,4)39(27)44)34-25-35-24(33-19-23(42)43)36-26(37-25)38(21-15-29(5,6)40(45)30(7,8)16-21)22-17-31(9,10)41(46)32(11,12)18-22/h20-22,44-46H,13-19H2,1-12H3,(H,42,43)(H2,33,34,35,36,37). The molecule has 4 heterocycles. The summed E-state index contributed by atoms with van der Waals surface area (Å²) in [6.45, 7) is 23.9. The Kier molecular flexibility index (Phi) is 9.48. The Hall–Kier alpha value is -2.36. The molecule has 0 radical (unpaired) electrons. The van der Waals surface area contributed by atoms with E-state index < -0.39 is 39.2 Å². The fourth-order valence-corrected chi connectivity index (χ4v) is 8.79. The summed E-state index contributed by atoms with van der Waals surface area (Å²) in [5.41, 5.74) is -3.22. The molecule has 0 bridgehead atoms. The Labute approximate surface area is 274 Å². The lowest BCUT2D eigenvalue weighted by molar-refractivity contribution is -0.251. The molecule has 0 aliphatic carbocycles. The number of nitrogens with one attached hydrogen (secondary N) is 2. The summed E-state index contributed by atoms with van der Waals surface area (Å²) < 4.78 is 0. The number of aliphatic carboxylic acids is 1. The molecule has 1 aromatic heterocycles. The summed E-state index contributed by atoms with van der Waals surface area (Å²) in [5, 5.41) is 53.4. The van der Waals surface area contributed by atoms with E-state index in [0.29, 0.717) is 50.4 Å². The molecule has 0 atom stereocenters. The maximum Gasteiger partial charge on any atom is 0.322 e. The number of carboxylic acid groups (broad SMARTS) is 1. The van der Waals surface area contributed by atoms with Crippen LogP contribution >= 0.6 is 0 Å². The predicted molar refractivity (Wildman–Crippen MR) is 176 cm³/mol. The van der Waals surface area contributed by atoms with Gasteiger partial charge in [-0.1, -0.05) is 0 Å². The average Bonchev–Trinajstić information content (AvgIpc) is 2.87. The largest absolute Gasteiger partial charge is 0.480 e. The molecule has 6 N–H and O–H groups in total. The third-order valence-corrected chi connectivity index (χ3v) is 10.2. The van der Waals surface area contributed by atoms with Gasteiger partial charge < -0.3 is 36.3 Å². The van der Waals surface area contributed by atoms with Crippen LogP contribution in [-0.4, -0.2) is 115 Å². The minimum absolute atomic E-state index is 0.0737. The van der Waals surface area contributed by atoms with E-state index in [1.54, 1.807) is 0 Å². The molecule has 3 fully saturated rings. The van der Waals surface area contributed by atoms with Gasteiger partial charge in [0, 0.05) is 51.4 Å². The molecule has 1 aromatic rings. The van der Waals surface area contributed by atoms with Crippen molar-refractivity contribution >= 4 is 23.8 Å². The Morgan fingerprint density at radius 1 is 0.652 bits per heavy atom. The number of rotatable bonds is 8. The van der Waals surface area contributed by atoms with Gasteiger partial charge in [-0.2, -0.15) is 30.1 Å². The zero-order valence-corrected chi connectivity index (χ0v) is 30.0. The highest BCUT2D eigenvalue weighted by Crippen LogP contribution is 2.45. The van der Waals surface area contributed by atoms with Gasteiger partial charge in [-0.25, -0.2) is 0 Å². The van der Waals surface area contributed by atoms with Crippen LogP contribution in [0.15, 0.2) is 0 Å². The van der Waals surface area contributed by atoms with Gasteiger partial charge in [0.2, 0.25) is 17.8 Å². The van der Waals surface area contributed by atoms with Crippen LogP contribution in [-0.2, 0) is 4.79 Å². The van der Waals surface area contributed by atoms with E-state index in [4.69, 9.17) is 9.97 Å². The van der Waals surface area contributed by atoms with Crippen molar-refractivity contribution in [1.29, 1.82) is 0 Å². The number of hydroxylamine groups is 6. The fourth-order valence-electron chi connectivity index (χ4n) is 8.79. The van der Waals surface area contributed by atoms with Crippen LogP contribution < -0.4 is 15.5 Å². The van der Waals surface area contributed by atoms with E-state index >= 15 is 0 Å². The number of hydrogen-bond acceptors (Lipinski definition) is 13. The van der Waals surface area contributed by atoms with Gasteiger partial charge in [-0.05, 0) is 122 Å². The number of carboxylic acids is 1. The third kappa shape index (κ3) is 7.36. The van der Waals surface area contributed by atoms with Crippen LogP contribution in [0.5, 0.6) is 0 Å². The van der Waals surface area contributed by atoms with E-state index in [1.807, 2.05) is 83.1 Å². The second kappa shape index (κ2) is 12.0. The fraction of sp³-hybridized carbons (Fsp3) is 0.875. The molecular weight excluding hydrogens is 590 g/mol. The van der Waals surface area contributed by atoms with Gasteiger partial charge >= 0.3 is 5.97 Å². The molecule has 14 heteroatoms. The van der Waals surface area contributed by atoms with Crippen LogP contribution in [0, 0.1) is 0 Å². The summed E-state index contributed by atoms with van der Waals surface area (Å²) >= 11 is 0. The molecule has 0 unspecified atom stereocenters. The van der Waals surface area contributed by atoms with Crippen LogP contribution in [0.3, 0.4) is 0 Å². The Morgan fingerprint density at radius 3 is 1.37 bits per heavy atom. The van der Waals surface area contributed by atoms with E-state index in [9.17, 15) is 25.5 Å². The van der Waals surface area contributed by atoms with Crippen molar-refractivity contribution in [2.24, 2.45) is 0 Å². The van der Waals surface area contributed by atoms with Crippen molar-refractivity contribution < 1.29 is 25.5 Å². The quantitative estimate of drug-likeness (QED) is 0.226. The number of carbonyl (C=O) groups is 1. The minimum atomic E-state index is -1.04. The van der Waals surface area contributed by atoms with Gasteiger partial charge in [0.05, 0.1) is 0 Å². The SMILES string of the molecule is CC1(C)CC(Nc2nc(NCC(=O)O)nc(N(C3CC(C)(C)N(O)C(C)(C)C3)C3CC(C)(C)N(O)C(C)(C)C3)n2)CC(C)(C)N1O. The highest BCUT2D eigenvalue weighted by molar-refractivity contribution is 5.72. The molecule has 14 nitrogen and oxygen atoms in total. The van der Waals surface area contributed by atoms with Gasteiger partial charge in [0.1, 0.15) is 6.54 Å². The molecule has 0 amide bonds. The molecule has 4 rings (SSSR count). The van der Waals surface area contributed by atoms with Crippen LogP contribution in [0.2, 0.25) is 0 Å². The molecular formula is C32H59N9O5.